The van der Waals surface area contributed by atoms with Crippen LogP contribution in [0.4, 0.5) is 4.39 Å². The van der Waals surface area contributed by atoms with Crippen LogP contribution >= 0.6 is 0 Å². The molecular formula is C17H26FNO2S. The van der Waals surface area contributed by atoms with Gasteiger partial charge < -0.3 is 5.32 Å². The number of rotatable bonds is 5. The van der Waals surface area contributed by atoms with Crippen molar-refractivity contribution in [3.63, 3.8) is 0 Å². The fourth-order valence-electron chi connectivity index (χ4n) is 3.00. The Bertz CT molecular complexity index is 599. The average Bonchev–Trinajstić information content (AvgIpc) is 2.45. The summed E-state index contributed by atoms with van der Waals surface area (Å²) in [6, 6.07) is 6.99. The van der Waals surface area contributed by atoms with Crippen LogP contribution in [0.5, 0.6) is 0 Å². The lowest BCUT2D eigenvalue weighted by atomic mass is 9.83. The standard InChI is InChI=1S/C17H26FNO2S/c1-13(14-7-9-22(20,21)10-8-14)19-12-17(2,3)15-5-4-6-16(18)11-15/h4-6,11,13-14,19H,7-10,12H2,1-3H3. The third kappa shape index (κ3) is 4.53. The predicted molar refractivity (Wildman–Crippen MR) is 88.3 cm³/mol. The van der Waals surface area contributed by atoms with Gasteiger partial charge in [0.25, 0.3) is 0 Å². The highest BCUT2D eigenvalue weighted by atomic mass is 32.2. The molecule has 22 heavy (non-hydrogen) atoms. The van der Waals surface area contributed by atoms with Gasteiger partial charge in [0.1, 0.15) is 15.7 Å². The summed E-state index contributed by atoms with van der Waals surface area (Å²) in [5, 5.41) is 3.52. The smallest absolute Gasteiger partial charge is 0.150 e. The van der Waals surface area contributed by atoms with Crippen LogP contribution in [0.2, 0.25) is 0 Å². The minimum absolute atomic E-state index is 0.170. The predicted octanol–water partition coefficient (Wildman–Crippen LogP) is 2.91. The lowest BCUT2D eigenvalue weighted by Gasteiger charge is -2.32. The number of hydrogen-bond acceptors (Lipinski definition) is 3. The monoisotopic (exact) mass is 327 g/mol. The first-order chi connectivity index (χ1) is 10.2. The van der Waals surface area contributed by atoms with Crippen LogP contribution < -0.4 is 5.32 Å². The van der Waals surface area contributed by atoms with Crippen molar-refractivity contribution in [3.8, 4) is 0 Å². The molecular weight excluding hydrogens is 301 g/mol. The number of sulfone groups is 1. The molecule has 1 saturated heterocycles. The van der Waals surface area contributed by atoms with E-state index in [1.807, 2.05) is 6.07 Å². The lowest BCUT2D eigenvalue weighted by molar-refractivity contribution is 0.321. The molecule has 1 unspecified atom stereocenters. The summed E-state index contributed by atoms with van der Waals surface area (Å²) in [5.41, 5.74) is 0.801. The third-order valence-electron chi connectivity index (χ3n) is 4.78. The van der Waals surface area contributed by atoms with Crippen molar-refractivity contribution in [1.29, 1.82) is 0 Å². The van der Waals surface area contributed by atoms with E-state index in [-0.39, 0.29) is 17.3 Å². The molecule has 5 heteroatoms. The summed E-state index contributed by atoms with van der Waals surface area (Å²) in [6.07, 6.45) is 1.47. The van der Waals surface area contributed by atoms with E-state index >= 15 is 0 Å². The highest BCUT2D eigenvalue weighted by Crippen LogP contribution is 2.25. The van der Waals surface area contributed by atoms with E-state index in [2.05, 4.69) is 26.1 Å². The van der Waals surface area contributed by atoms with Gasteiger partial charge in [-0.3, -0.25) is 0 Å². The Morgan fingerprint density at radius 3 is 2.55 bits per heavy atom. The fraction of sp³-hybridized carbons (Fsp3) is 0.647. The molecule has 1 aromatic rings. The van der Waals surface area contributed by atoms with Crippen LogP contribution in [0.15, 0.2) is 24.3 Å². The van der Waals surface area contributed by atoms with Crippen molar-refractivity contribution in [1.82, 2.24) is 5.32 Å². The molecule has 0 spiro atoms. The topological polar surface area (TPSA) is 46.2 Å². The van der Waals surface area contributed by atoms with Gasteiger partial charge >= 0.3 is 0 Å². The van der Waals surface area contributed by atoms with Crippen LogP contribution in [-0.4, -0.2) is 32.5 Å². The first kappa shape index (κ1) is 17.4. The molecule has 1 aliphatic rings. The summed E-state index contributed by atoms with van der Waals surface area (Å²) in [5.74, 6) is 0.788. The summed E-state index contributed by atoms with van der Waals surface area (Å²) in [6.45, 7) is 7.03. The van der Waals surface area contributed by atoms with E-state index < -0.39 is 9.84 Å². The highest BCUT2D eigenvalue weighted by molar-refractivity contribution is 7.91. The molecule has 124 valence electrons. The molecule has 1 aromatic carbocycles. The highest BCUT2D eigenvalue weighted by Gasteiger charge is 2.29. The molecule has 1 aliphatic heterocycles. The summed E-state index contributed by atoms with van der Waals surface area (Å²) >= 11 is 0. The maximum Gasteiger partial charge on any atom is 0.150 e. The summed E-state index contributed by atoms with van der Waals surface area (Å²) < 4.78 is 36.4. The molecule has 1 fully saturated rings. The van der Waals surface area contributed by atoms with Gasteiger partial charge in [-0.2, -0.15) is 0 Å². The SMILES string of the molecule is CC(NCC(C)(C)c1cccc(F)c1)C1CCS(=O)(=O)CC1. The second-order valence-corrected chi connectivity index (χ2v) is 9.36. The number of hydrogen-bond donors (Lipinski definition) is 1. The van der Waals surface area contributed by atoms with Gasteiger partial charge in [0, 0.05) is 18.0 Å². The third-order valence-corrected chi connectivity index (χ3v) is 6.49. The number of nitrogens with one attached hydrogen (secondary N) is 1. The Kier molecular flexibility index (Phi) is 5.28. The van der Waals surface area contributed by atoms with Crippen molar-refractivity contribution in [2.24, 2.45) is 5.92 Å². The zero-order valence-electron chi connectivity index (χ0n) is 13.6. The summed E-state index contributed by atoms with van der Waals surface area (Å²) in [4.78, 5) is 0. The Labute approximate surface area is 133 Å². The minimum atomic E-state index is -2.81. The van der Waals surface area contributed by atoms with Crippen molar-refractivity contribution in [2.45, 2.75) is 45.1 Å². The van der Waals surface area contributed by atoms with E-state index in [0.717, 1.165) is 24.9 Å². The fourth-order valence-corrected chi connectivity index (χ4v) is 4.53. The molecule has 3 nitrogen and oxygen atoms in total. The maximum atomic E-state index is 13.4. The van der Waals surface area contributed by atoms with Crippen molar-refractivity contribution in [2.75, 3.05) is 18.1 Å². The van der Waals surface area contributed by atoms with Gasteiger partial charge in [-0.15, -0.1) is 0 Å². The second kappa shape index (κ2) is 6.67. The second-order valence-electron chi connectivity index (χ2n) is 7.05. The first-order valence-electron chi connectivity index (χ1n) is 7.89. The number of halogens is 1. The van der Waals surface area contributed by atoms with E-state index in [0.29, 0.717) is 17.4 Å². The molecule has 1 heterocycles. The molecule has 0 aromatic heterocycles. The molecule has 1 N–H and O–H groups in total. The van der Waals surface area contributed by atoms with Gasteiger partial charge in [0.05, 0.1) is 11.5 Å². The zero-order chi connectivity index (χ0) is 16.4. The van der Waals surface area contributed by atoms with Gasteiger partial charge in [0.15, 0.2) is 0 Å². The molecule has 1 atom stereocenters. The van der Waals surface area contributed by atoms with Crippen molar-refractivity contribution < 1.29 is 12.8 Å². The zero-order valence-corrected chi connectivity index (χ0v) is 14.4. The van der Waals surface area contributed by atoms with Crippen molar-refractivity contribution >= 4 is 9.84 Å². The van der Waals surface area contributed by atoms with Gasteiger partial charge in [-0.05, 0) is 43.4 Å². The minimum Gasteiger partial charge on any atom is -0.313 e. The molecule has 0 bridgehead atoms. The van der Waals surface area contributed by atoms with Gasteiger partial charge in [-0.1, -0.05) is 26.0 Å². The molecule has 0 saturated carbocycles. The average molecular weight is 327 g/mol. The number of benzene rings is 1. The Balaban J connectivity index is 1.91. The molecule has 2 rings (SSSR count). The van der Waals surface area contributed by atoms with Crippen LogP contribution in [0, 0.1) is 11.7 Å². The van der Waals surface area contributed by atoms with E-state index in [4.69, 9.17) is 0 Å². The molecule has 0 amide bonds. The first-order valence-corrected chi connectivity index (χ1v) is 9.72. The van der Waals surface area contributed by atoms with E-state index in [1.165, 1.54) is 6.07 Å². The van der Waals surface area contributed by atoms with Crippen LogP contribution in [0.3, 0.4) is 0 Å². The van der Waals surface area contributed by atoms with Gasteiger partial charge in [-0.25, -0.2) is 12.8 Å². The van der Waals surface area contributed by atoms with Gasteiger partial charge in [0.2, 0.25) is 0 Å². The maximum absolute atomic E-state index is 13.4. The Hall–Kier alpha value is -0.940. The Morgan fingerprint density at radius 1 is 1.32 bits per heavy atom. The summed E-state index contributed by atoms with van der Waals surface area (Å²) in [7, 11) is -2.81. The van der Waals surface area contributed by atoms with E-state index in [1.54, 1.807) is 12.1 Å². The van der Waals surface area contributed by atoms with Crippen LogP contribution in [0.1, 0.15) is 39.2 Å². The molecule has 0 radical (unpaired) electrons. The molecule has 0 aliphatic carbocycles. The largest absolute Gasteiger partial charge is 0.313 e. The van der Waals surface area contributed by atoms with E-state index in [9.17, 15) is 12.8 Å². The normalized spacial score (nSPS) is 20.7. The van der Waals surface area contributed by atoms with Crippen LogP contribution in [0.25, 0.3) is 0 Å². The van der Waals surface area contributed by atoms with Crippen molar-refractivity contribution in [3.05, 3.63) is 35.6 Å². The quantitative estimate of drug-likeness (QED) is 0.904. The Morgan fingerprint density at radius 2 is 1.95 bits per heavy atom. The van der Waals surface area contributed by atoms with Crippen LogP contribution in [-0.2, 0) is 15.3 Å². The lowest BCUT2D eigenvalue weighted by Crippen LogP contribution is -2.43.